The summed E-state index contributed by atoms with van der Waals surface area (Å²) in [4.78, 5) is 35.0. The van der Waals surface area contributed by atoms with Crippen LogP contribution >= 0.6 is 21.6 Å². The molecule has 266 valence electrons. The zero-order chi connectivity index (χ0) is 35.6. The number of carbonyl (C=O) groups excluding carboxylic acids is 2. The van der Waals surface area contributed by atoms with Gasteiger partial charge in [0.1, 0.15) is 22.0 Å². The first-order chi connectivity index (χ1) is 24.4. The van der Waals surface area contributed by atoms with Gasteiger partial charge in [-0.2, -0.15) is 0 Å². The Bertz CT molecular complexity index is 1460. The maximum absolute atomic E-state index is 13.0. The smallest absolute Gasteiger partial charge is 0.320 e. The standard InChI is InChI=1S/C40H48N2O6S2/c1-5-29-9-15-33(41-27-29)21-23-47-35-17-11-31(12-18-35)25-37(39(43)45-7-3)49-50-38(40(44)46-8-4)26-32-13-19-36(20-14-32)48-24-22-34-16-10-30(6-2)28-42-34/h9-20,27-28,37-38H,5-8,21-26H2,1-4H3/t37-,38+. The van der Waals surface area contributed by atoms with Gasteiger partial charge in [0.2, 0.25) is 0 Å². The molecular formula is C40H48N2O6S2. The fraction of sp³-hybridized carbons (Fsp3) is 0.400. The Morgan fingerprint density at radius 1 is 0.560 bits per heavy atom. The number of aromatic nitrogens is 2. The van der Waals surface area contributed by atoms with E-state index in [2.05, 4.69) is 35.9 Å². The third kappa shape index (κ3) is 13.0. The highest BCUT2D eigenvalue weighted by atomic mass is 33.1. The van der Waals surface area contributed by atoms with Gasteiger partial charge < -0.3 is 18.9 Å². The molecule has 0 bridgehead atoms. The second kappa shape index (κ2) is 21.3. The number of rotatable bonds is 21. The number of pyridine rings is 2. The van der Waals surface area contributed by atoms with Gasteiger partial charge in [-0.05, 0) is 98.2 Å². The number of benzene rings is 2. The SMILES string of the molecule is CCOC(=O)[C@H](Cc1ccc(OCCc2ccc(CC)cn2)cc1)SS[C@H](Cc1ccc(OCCc2ccc(CC)cn2)cc1)C(=O)OCC. The molecule has 2 atom stereocenters. The normalized spacial score (nSPS) is 12.2. The van der Waals surface area contributed by atoms with Crippen molar-refractivity contribution in [2.24, 2.45) is 0 Å². The van der Waals surface area contributed by atoms with Gasteiger partial charge >= 0.3 is 11.9 Å². The molecule has 0 aliphatic carbocycles. The molecule has 0 N–H and O–H groups in total. The predicted molar refractivity (Wildman–Crippen MR) is 202 cm³/mol. The van der Waals surface area contributed by atoms with Gasteiger partial charge in [0.15, 0.2) is 0 Å². The first-order valence-corrected chi connectivity index (χ1v) is 19.6. The summed E-state index contributed by atoms with van der Waals surface area (Å²) in [7, 11) is 2.70. The monoisotopic (exact) mass is 716 g/mol. The third-order valence-electron chi connectivity index (χ3n) is 7.92. The van der Waals surface area contributed by atoms with Crippen molar-refractivity contribution in [1.29, 1.82) is 0 Å². The average molecular weight is 717 g/mol. The van der Waals surface area contributed by atoms with Crippen molar-refractivity contribution in [1.82, 2.24) is 9.97 Å². The molecule has 0 radical (unpaired) electrons. The number of esters is 2. The molecule has 0 aliphatic rings. The van der Waals surface area contributed by atoms with Crippen LogP contribution in [0.25, 0.3) is 0 Å². The Labute approximate surface area is 304 Å². The zero-order valence-electron chi connectivity index (χ0n) is 29.5. The number of hydrogen-bond donors (Lipinski definition) is 0. The molecule has 10 heteroatoms. The molecule has 0 spiro atoms. The number of aryl methyl sites for hydroxylation is 2. The second-order valence-electron chi connectivity index (χ2n) is 11.6. The maximum Gasteiger partial charge on any atom is 0.320 e. The van der Waals surface area contributed by atoms with E-state index in [4.69, 9.17) is 18.9 Å². The van der Waals surface area contributed by atoms with E-state index in [0.29, 0.717) is 26.1 Å². The minimum atomic E-state index is -0.510. The summed E-state index contributed by atoms with van der Waals surface area (Å²) in [6.45, 7) is 9.41. The summed E-state index contributed by atoms with van der Waals surface area (Å²) in [5.74, 6) is 0.886. The van der Waals surface area contributed by atoms with Gasteiger partial charge in [0, 0.05) is 36.6 Å². The van der Waals surface area contributed by atoms with Crippen molar-refractivity contribution >= 4 is 33.5 Å². The topological polar surface area (TPSA) is 96.8 Å². The lowest BCUT2D eigenvalue weighted by Crippen LogP contribution is -2.25. The molecule has 0 fully saturated rings. The van der Waals surface area contributed by atoms with Crippen molar-refractivity contribution in [2.45, 2.75) is 76.7 Å². The van der Waals surface area contributed by atoms with Crippen LogP contribution in [0.15, 0.2) is 85.2 Å². The number of ether oxygens (including phenoxy) is 4. The second-order valence-corrected chi connectivity index (χ2v) is 14.3. The lowest BCUT2D eigenvalue weighted by Gasteiger charge is -2.19. The molecule has 2 aromatic heterocycles. The van der Waals surface area contributed by atoms with E-state index >= 15 is 0 Å². The third-order valence-corrected chi connectivity index (χ3v) is 10.9. The number of hydrogen-bond acceptors (Lipinski definition) is 10. The Balaban J connectivity index is 1.30. The van der Waals surface area contributed by atoms with E-state index < -0.39 is 10.5 Å². The van der Waals surface area contributed by atoms with E-state index in [1.165, 1.54) is 32.7 Å². The molecule has 2 aromatic carbocycles. The number of nitrogens with zero attached hydrogens (tertiary/aromatic N) is 2. The van der Waals surface area contributed by atoms with Crippen molar-refractivity contribution in [3.63, 3.8) is 0 Å². The van der Waals surface area contributed by atoms with Crippen molar-refractivity contribution in [3.8, 4) is 11.5 Å². The van der Waals surface area contributed by atoms with E-state index in [0.717, 1.165) is 59.7 Å². The molecule has 8 nitrogen and oxygen atoms in total. The van der Waals surface area contributed by atoms with E-state index in [1.807, 2.05) is 73.1 Å². The Morgan fingerprint density at radius 2 is 0.940 bits per heavy atom. The largest absolute Gasteiger partial charge is 0.493 e. The van der Waals surface area contributed by atoms with Gasteiger partial charge in [-0.25, -0.2) is 0 Å². The summed E-state index contributed by atoms with van der Waals surface area (Å²) in [5.41, 5.74) is 6.36. The first-order valence-electron chi connectivity index (χ1n) is 17.4. The zero-order valence-corrected chi connectivity index (χ0v) is 31.1. The van der Waals surface area contributed by atoms with E-state index in [9.17, 15) is 9.59 Å². The summed E-state index contributed by atoms with van der Waals surface area (Å²) in [5, 5.41) is -1.02. The summed E-state index contributed by atoms with van der Waals surface area (Å²) in [6, 6.07) is 23.8. The van der Waals surface area contributed by atoms with Crippen LogP contribution in [-0.4, -0.2) is 58.8 Å². The minimum absolute atomic E-state index is 0.279. The quantitative estimate of drug-likeness (QED) is 0.0626. The average Bonchev–Trinajstić information content (AvgIpc) is 3.14. The Hall–Kier alpha value is -4.02. The van der Waals surface area contributed by atoms with Crippen LogP contribution in [0.2, 0.25) is 0 Å². The van der Waals surface area contributed by atoms with Crippen LogP contribution in [-0.2, 0) is 57.6 Å². The molecule has 0 saturated heterocycles. The maximum atomic E-state index is 13.0. The number of carbonyl (C=O) groups is 2. The van der Waals surface area contributed by atoms with Crippen LogP contribution in [0.1, 0.15) is 61.3 Å². The Morgan fingerprint density at radius 3 is 1.26 bits per heavy atom. The highest BCUT2D eigenvalue weighted by Gasteiger charge is 2.28. The molecular weight excluding hydrogens is 669 g/mol. The highest BCUT2D eigenvalue weighted by Crippen LogP contribution is 2.36. The van der Waals surface area contributed by atoms with Gasteiger partial charge in [-0.3, -0.25) is 19.6 Å². The predicted octanol–water partition coefficient (Wildman–Crippen LogP) is 7.87. The molecule has 50 heavy (non-hydrogen) atoms. The molecule has 2 heterocycles. The molecule has 0 unspecified atom stereocenters. The summed E-state index contributed by atoms with van der Waals surface area (Å²) >= 11 is 0. The van der Waals surface area contributed by atoms with E-state index in [1.54, 1.807) is 13.8 Å². The van der Waals surface area contributed by atoms with Crippen LogP contribution in [0.3, 0.4) is 0 Å². The van der Waals surface area contributed by atoms with Gasteiger partial charge in [-0.1, -0.05) is 71.8 Å². The van der Waals surface area contributed by atoms with Crippen molar-refractivity contribution in [3.05, 3.63) is 119 Å². The van der Waals surface area contributed by atoms with Gasteiger partial charge in [0.05, 0.1) is 26.4 Å². The van der Waals surface area contributed by atoms with Crippen LogP contribution in [0, 0.1) is 0 Å². The lowest BCUT2D eigenvalue weighted by atomic mass is 10.1. The Kier molecular flexibility index (Phi) is 16.5. The van der Waals surface area contributed by atoms with Crippen molar-refractivity contribution < 1.29 is 28.5 Å². The summed E-state index contributed by atoms with van der Waals surface area (Å²) in [6.07, 6.45) is 8.10. The van der Waals surface area contributed by atoms with Crippen LogP contribution in [0.5, 0.6) is 11.5 Å². The fourth-order valence-corrected chi connectivity index (χ4v) is 7.73. The van der Waals surface area contributed by atoms with Gasteiger partial charge in [0.25, 0.3) is 0 Å². The lowest BCUT2D eigenvalue weighted by molar-refractivity contribution is -0.143. The van der Waals surface area contributed by atoms with Crippen LogP contribution < -0.4 is 9.47 Å². The first kappa shape index (κ1) is 38.8. The molecule has 0 aliphatic heterocycles. The minimum Gasteiger partial charge on any atom is -0.493 e. The molecule has 0 amide bonds. The van der Waals surface area contributed by atoms with E-state index in [-0.39, 0.29) is 25.2 Å². The van der Waals surface area contributed by atoms with Crippen LogP contribution in [0.4, 0.5) is 0 Å². The molecule has 4 rings (SSSR count). The highest BCUT2D eigenvalue weighted by molar-refractivity contribution is 8.77. The fourth-order valence-electron chi connectivity index (χ4n) is 4.96. The molecule has 0 saturated carbocycles. The molecule has 4 aromatic rings. The van der Waals surface area contributed by atoms with Crippen molar-refractivity contribution in [2.75, 3.05) is 26.4 Å². The van der Waals surface area contributed by atoms with Gasteiger partial charge in [-0.15, -0.1) is 0 Å². The summed E-state index contributed by atoms with van der Waals surface area (Å²) < 4.78 is 22.7.